The van der Waals surface area contributed by atoms with E-state index in [1.807, 2.05) is 39.8 Å². The summed E-state index contributed by atoms with van der Waals surface area (Å²) in [5.41, 5.74) is 6.61. The van der Waals surface area contributed by atoms with Gasteiger partial charge in [0.1, 0.15) is 5.75 Å². The van der Waals surface area contributed by atoms with Crippen molar-refractivity contribution in [2.24, 2.45) is 5.10 Å². The van der Waals surface area contributed by atoms with Crippen molar-refractivity contribution in [3.63, 3.8) is 0 Å². The molecule has 0 saturated carbocycles. The molecule has 0 aliphatic carbocycles. The molecule has 2 aromatic rings. The first-order chi connectivity index (χ1) is 15.3. The third-order valence-electron chi connectivity index (χ3n) is 4.61. The second-order valence-electron chi connectivity index (χ2n) is 7.46. The average Bonchev–Trinajstić information content (AvgIpc) is 2.75. The maximum atomic E-state index is 12.4. The Balaban J connectivity index is 1.93. The third-order valence-corrected chi connectivity index (χ3v) is 4.61. The van der Waals surface area contributed by atoms with Crippen molar-refractivity contribution >= 4 is 29.6 Å². The van der Waals surface area contributed by atoms with Gasteiger partial charge >= 0.3 is 11.8 Å². The van der Waals surface area contributed by atoms with Gasteiger partial charge in [0.15, 0.2) is 6.61 Å². The van der Waals surface area contributed by atoms with Crippen LogP contribution in [0.5, 0.6) is 5.75 Å². The number of rotatable bonds is 9. The minimum atomic E-state index is -0.848. The quantitative estimate of drug-likeness (QED) is 0.242. The number of carbonyl (C=O) groups is 3. The van der Waals surface area contributed by atoms with Crippen molar-refractivity contribution in [1.82, 2.24) is 10.7 Å². The largest absolute Gasteiger partial charge is 0.483 e. The summed E-state index contributed by atoms with van der Waals surface area (Å²) in [7, 11) is 0. The first kappa shape index (κ1) is 24.6. The second kappa shape index (κ2) is 12.2. The van der Waals surface area contributed by atoms with Gasteiger partial charge < -0.3 is 15.4 Å². The van der Waals surface area contributed by atoms with Crippen molar-refractivity contribution in [1.29, 1.82) is 0 Å². The van der Waals surface area contributed by atoms with Gasteiger partial charge in [-0.15, -0.1) is 0 Å². The van der Waals surface area contributed by atoms with Gasteiger partial charge in [0.25, 0.3) is 5.91 Å². The number of aryl methyl sites for hydroxylation is 3. The summed E-state index contributed by atoms with van der Waals surface area (Å²) in [6.45, 7) is 8.14. The van der Waals surface area contributed by atoms with E-state index < -0.39 is 11.8 Å². The smallest absolute Gasteiger partial charge is 0.329 e. The molecule has 0 spiro atoms. The van der Waals surface area contributed by atoms with Crippen molar-refractivity contribution in [2.75, 3.05) is 18.5 Å². The highest BCUT2D eigenvalue weighted by molar-refractivity contribution is 6.35. The van der Waals surface area contributed by atoms with Crippen LogP contribution in [0.4, 0.5) is 5.69 Å². The molecule has 0 atom stereocenters. The maximum absolute atomic E-state index is 12.4. The molecule has 2 rings (SSSR count). The van der Waals surface area contributed by atoms with Crippen molar-refractivity contribution in [3.05, 3.63) is 58.7 Å². The van der Waals surface area contributed by atoms with Gasteiger partial charge in [0.05, 0.1) is 6.21 Å². The number of carbonyl (C=O) groups excluding carboxylic acids is 3. The highest BCUT2D eigenvalue weighted by Gasteiger charge is 2.12. The second-order valence-corrected chi connectivity index (χ2v) is 7.46. The summed E-state index contributed by atoms with van der Waals surface area (Å²) in [6, 6.07) is 11.0. The normalized spacial score (nSPS) is 10.6. The molecule has 3 amide bonds. The molecule has 0 radical (unpaired) electrons. The number of anilines is 1. The Hall–Kier alpha value is -3.68. The van der Waals surface area contributed by atoms with Crippen LogP contribution in [-0.4, -0.2) is 37.1 Å². The summed E-state index contributed by atoms with van der Waals surface area (Å²) in [6.07, 6.45) is 3.07. The van der Waals surface area contributed by atoms with Crippen LogP contribution >= 0.6 is 0 Å². The summed E-state index contributed by atoms with van der Waals surface area (Å²) >= 11 is 0. The van der Waals surface area contributed by atoms with Crippen LogP contribution in [0.15, 0.2) is 41.5 Å². The van der Waals surface area contributed by atoms with Gasteiger partial charge in [-0.25, -0.2) is 5.43 Å². The molecule has 8 nitrogen and oxygen atoms in total. The molecule has 0 aromatic heterocycles. The van der Waals surface area contributed by atoms with E-state index in [2.05, 4.69) is 21.2 Å². The molecule has 0 unspecified atom stereocenters. The molecule has 32 heavy (non-hydrogen) atoms. The van der Waals surface area contributed by atoms with E-state index in [9.17, 15) is 14.4 Å². The Labute approximate surface area is 188 Å². The number of para-hydroxylation sites is 1. The lowest BCUT2D eigenvalue weighted by atomic mass is 10.1. The standard InChI is InChI=1S/C24H30N4O4/c1-5-6-11-25-23(30)24(31)28-26-14-19-9-7-8-10-20(19)32-15-21(29)27-22-17(3)12-16(2)13-18(22)4/h7-10,12-14H,5-6,11,15H2,1-4H3,(H,25,30)(H,27,29)(H,28,31)/b26-14-. The van der Waals surface area contributed by atoms with Gasteiger partial charge in [-0.1, -0.05) is 43.2 Å². The minimum Gasteiger partial charge on any atom is -0.483 e. The van der Waals surface area contributed by atoms with Gasteiger partial charge in [0, 0.05) is 17.8 Å². The van der Waals surface area contributed by atoms with Gasteiger partial charge in [-0.05, 0) is 50.5 Å². The number of nitrogens with zero attached hydrogens (tertiary/aromatic N) is 1. The Kier molecular flexibility index (Phi) is 9.41. The molecule has 0 fully saturated rings. The minimum absolute atomic E-state index is 0.191. The highest BCUT2D eigenvalue weighted by atomic mass is 16.5. The number of unbranched alkanes of at least 4 members (excludes halogenated alkanes) is 1. The summed E-state index contributed by atoms with van der Waals surface area (Å²) in [5, 5.41) is 9.21. The van der Waals surface area contributed by atoms with Crippen LogP contribution in [0.2, 0.25) is 0 Å². The topological polar surface area (TPSA) is 109 Å². The molecule has 0 bridgehead atoms. The predicted molar refractivity (Wildman–Crippen MR) is 125 cm³/mol. The summed E-state index contributed by atoms with van der Waals surface area (Å²) in [4.78, 5) is 35.8. The monoisotopic (exact) mass is 438 g/mol. The third kappa shape index (κ3) is 7.54. The summed E-state index contributed by atoms with van der Waals surface area (Å²) in [5.74, 6) is -1.45. The lowest BCUT2D eigenvalue weighted by Crippen LogP contribution is -2.38. The van der Waals surface area contributed by atoms with Gasteiger partial charge in [-0.3, -0.25) is 14.4 Å². The number of amides is 3. The Bertz CT molecular complexity index is 978. The maximum Gasteiger partial charge on any atom is 0.329 e. The van der Waals surface area contributed by atoms with Crippen LogP contribution in [0.1, 0.15) is 42.0 Å². The zero-order valence-electron chi connectivity index (χ0n) is 19.0. The predicted octanol–water partition coefficient (Wildman–Crippen LogP) is 3.00. The van der Waals surface area contributed by atoms with E-state index in [4.69, 9.17) is 4.74 Å². The zero-order chi connectivity index (χ0) is 23.5. The van der Waals surface area contributed by atoms with Crippen LogP contribution in [-0.2, 0) is 14.4 Å². The molecule has 170 valence electrons. The number of ether oxygens (including phenoxy) is 1. The molecular weight excluding hydrogens is 408 g/mol. The molecule has 0 heterocycles. The van der Waals surface area contributed by atoms with E-state index >= 15 is 0 Å². The van der Waals surface area contributed by atoms with Crippen molar-refractivity contribution < 1.29 is 19.1 Å². The van der Waals surface area contributed by atoms with Gasteiger partial charge in [0.2, 0.25) is 0 Å². The molecular formula is C24H30N4O4. The number of hydrazone groups is 1. The van der Waals surface area contributed by atoms with E-state index in [0.29, 0.717) is 17.9 Å². The molecule has 0 aliphatic rings. The van der Waals surface area contributed by atoms with Crippen molar-refractivity contribution in [3.8, 4) is 5.75 Å². The van der Waals surface area contributed by atoms with Crippen LogP contribution in [0.25, 0.3) is 0 Å². The highest BCUT2D eigenvalue weighted by Crippen LogP contribution is 2.22. The molecule has 0 aliphatic heterocycles. The fourth-order valence-electron chi connectivity index (χ4n) is 3.08. The fourth-order valence-corrected chi connectivity index (χ4v) is 3.08. The van der Waals surface area contributed by atoms with E-state index in [0.717, 1.165) is 35.2 Å². The van der Waals surface area contributed by atoms with Crippen LogP contribution in [0.3, 0.4) is 0 Å². The zero-order valence-corrected chi connectivity index (χ0v) is 19.0. The van der Waals surface area contributed by atoms with Crippen LogP contribution in [0, 0.1) is 20.8 Å². The van der Waals surface area contributed by atoms with E-state index in [1.165, 1.54) is 6.21 Å². The molecule has 3 N–H and O–H groups in total. The molecule has 2 aromatic carbocycles. The van der Waals surface area contributed by atoms with E-state index in [1.54, 1.807) is 24.3 Å². The van der Waals surface area contributed by atoms with Crippen molar-refractivity contribution in [2.45, 2.75) is 40.5 Å². The Morgan fingerprint density at radius 3 is 2.41 bits per heavy atom. The lowest BCUT2D eigenvalue weighted by molar-refractivity contribution is -0.139. The molecule has 0 saturated heterocycles. The van der Waals surface area contributed by atoms with E-state index in [-0.39, 0.29) is 12.5 Å². The number of hydrogen-bond acceptors (Lipinski definition) is 5. The fraction of sp³-hybridized carbons (Fsp3) is 0.333. The van der Waals surface area contributed by atoms with Crippen LogP contribution < -0.4 is 20.8 Å². The van der Waals surface area contributed by atoms with Gasteiger partial charge in [-0.2, -0.15) is 5.10 Å². The Morgan fingerprint density at radius 1 is 1.03 bits per heavy atom. The summed E-state index contributed by atoms with van der Waals surface area (Å²) < 4.78 is 5.65. The number of nitrogens with one attached hydrogen (secondary N) is 3. The molecule has 8 heteroatoms. The SMILES string of the molecule is CCCCNC(=O)C(=O)N/N=C\c1ccccc1OCC(=O)Nc1c(C)cc(C)cc1C. The number of benzene rings is 2. The first-order valence-electron chi connectivity index (χ1n) is 10.5. The average molecular weight is 439 g/mol. The Morgan fingerprint density at radius 2 is 1.72 bits per heavy atom. The first-order valence-corrected chi connectivity index (χ1v) is 10.5. The number of hydrogen-bond donors (Lipinski definition) is 3. The lowest BCUT2D eigenvalue weighted by Gasteiger charge is -2.14.